The molecule has 1 saturated heterocycles. The molecule has 2 amide bonds. The molecule has 0 aliphatic carbocycles. The first-order valence-corrected chi connectivity index (χ1v) is 9.33. The minimum absolute atomic E-state index is 0.0628. The van der Waals surface area contributed by atoms with Crippen molar-refractivity contribution in [2.24, 2.45) is 5.73 Å². The molecule has 2 aromatic rings. The van der Waals surface area contributed by atoms with E-state index in [9.17, 15) is 9.59 Å². The predicted octanol–water partition coefficient (Wildman–Crippen LogP) is 2.51. The molecule has 2 heterocycles. The summed E-state index contributed by atoms with van der Waals surface area (Å²) in [5.74, 6) is -0.547. The molecular weight excluding hydrogens is 404 g/mol. The fraction of sp³-hybridized carbons (Fsp3) is 0.235. The number of hydrogen-bond acceptors (Lipinski definition) is 5. The quantitative estimate of drug-likeness (QED) is 0.770. The fourth-order valence-corrected chi connectivity index (χ4v) is 3.92. The number of carbonyl (C=O) groups excluding carboxylic acids is 2. The van der Waals surface area contributed by atoms with Gasteiger partial charge in [-0.3, -0.25) is 9.59 Å². The smallest absolute Gasteiger partial charge is 0.261 e. The van der Waals surface area contributed by atoms with E-state index >= 15 is 0 Å². The number of thiazole rings is 1. The van der Waals surface area contributed by atoms with E-state index in [-0.39, 0.29) is 5.91 Å². The van der Waals surface area contributed by atoms with Crippen molar-refractivity contribution in [2.75, 3.05) is 31.1 Å². The third-order valence-electron chi connectivity index (χ3n) is 3.99. The topological polar surface area (TPSA) is 79.5 Å². The van der Waals surface area contributed by atoms with Crippen LogP contribution in [0.25, 0.3) is 11.3 Å². The molecule has 0 atom stereocenters. The summed E-state index contributed by atoms with van der Waals surface area (Å²) in [5.41, 5.74) is 6.99. The van der Waals surface area contributed by atoms with Gasteiger partial charge in [0.2, 0.25) is 5.91 Å². The van der Waals surface area contributed by atoms with Gasteiger partial charge in [0, 0.05) is 36.2 Å². The minimum atomic E-state index is -0.484. The zero-order valence-electron chi connectivity index (χ0n) is 13.4. The summed E-state index contributed by atoms with van der Waals surface area (Å²) in [5, 5.41) is 0.748. The second-order valence-electron chi connectivity index (χ2n) is 5.56. The van der Waals surface area contributed by atoms with Crippen molar-refractivity contribution in [1.82, 2.24) is 9.88 Å². The highest BCUT2D eigenvalue weighted by Gasteiger charge is 2.25. The van der Waals surface area contributed by atoms with E-state index in [1.165, 1.54) is 17.4 Å². The molecule has 130 valence electrons. The average Bonchev–Trinajstić information content (AvgIpc) is 3.07. The SMILES string of the molecule is C=CC(=O)N1CCN(c2nc(-c3ccc(Br)cc3)c(C(N)=O)s2)CC1. The van der Waals surface area contributed by atoms with Crippen molar-refractivity contribution in [1.29, 1.82) is 0 Å². The second kappa shape index (κ2) is 7.37. The van der Waals surface area contributed by atoms with Gasteiger partial charge in [-0.2, -0.15) is 0 Å². The number of primary amides is 1. The van der Waals surface area contributed by atoms with Crippen molar-refractivity contribution < 1.29 is 9.59 Å². The Bertz CT molecular complexity index is 811. The van der Waals surface area contributed by atoms with Crippen LogP contribution in [-0.2, 0) is 4.79 Å². The number of piperazine rings is 1. The number of nitrogens with zero attached hydrogens (tertiary/aromatic N) is 3. The first-order chi connectivity index (χ1) is 12.0. The van der Waals surface area contributed by atoms with Gasteiger partial charge in [-0.15, -0.1) is 0 Å². The van der Waals surface area contributed by atoms with Crippen LogP contribution in [0.1, 0.15) is 9.67 Å². The number of anilines is 1. The van der Waals surface area contributed by atoms with Crippen molar-refractivity contribution in [2.45, 2.75) is 0 Å². The molecule has 25 heavy (non-hydrogen) atoms. The molecule has 3 rings (SSSR count). The van der Waals surface area contributed by atoms with Crippen LogP contribution in [0.3, 0.4) is 0 Å². The molecule has 0 bridgehead atoms. The zero-order chi connectivity index (χ0) is 18.0. The highest BCUT2D eigenvalue weighted by atomic mass is 79.9. The molecule has 0 saturated carbocycles. The number of aromatic nitrogens is 1. The van der Waals surface area contributed by atoms with Crippen molar-refractivity contribution in [3.63, 3.8) is 0 Å². The van der Waals surface area contributed by atoms with Gasteiger partial charge in [0.1, 0.15) is 4.88 Å². The minimum Gasteiger partial charge on any atom is -0.365 e. The first-order valence-electron chi connectivity index (χ1n) is 7.72. The maximum absolute atomic E-state index is 11.8. The van der Waals surface area contributed by atoms with E-state index in [4.69, 9.17) is 5.73 Å². The monoisotopic (exact) mass is 420 g/mol. The lowest BCUT2D eigenvalue weighted by Crippen LogP contribution is -2.48. The van der Waals surface area contributed by atoms with Crippen LogP contribution < -0.4 is 10.6 Å². The zero-order valence-corrected chi connectivity index (χ0v) is 15.8. The Morgan fingerprint density at radius 1 is 1.20 bits per heavy atom. The van der Waals surface area contributed by atoms with E-state index in [2.05, 4.69) is 32.4 Å². The van der Waals surface area contributed by atoms with Crippen molar-refractivity contribution in [3.8, 4) is 11.3 Å². The van der Waals surface area contributed by atoms with Gasteiger partial charge in [0.05, 0.1) is 5.69 Å². The van der Waals surface area contributed by atoms with Crippen LogP contribution in [0.5, 0.6) is 0 Å². The third-order valence-corrected chi connectivity index (χ3v) is 5.65. The molecule has 6 nitrogen and oxygen atoms in total. The van der Waals surface area contributed by atoms with Gasteiger partial charge in [-0.1, -0.05) is 46.0 Å². The van der Waals surface area contributed by atoms with Gasteiger partial charge < -0.3 is 15.5 Å². The largest absolute Gasteiger partial charge is 0.365 e. The van der Waals surface area contributed by atoms with Gasteiger partial charge in [0.25, 0.3) is 5.91 Å². The molecule has 0 spiro atoms. The van der Waals surface area contributed by atoms with Crippen LogP contribution in [-0.4, -0.2) is 47.9 Å². The lowest BCUT2D eigenvalue weighted by atomic mass is 10.1. The maximum Gasteiger partial charge on any atom is 0.261 e. The van der Waals surface area contributed by atoms with Crippen LogP contribution in [0.15, 0.2) is 41.4 Å². The van der Waals surface area contributed by atoms with Crippen molar-refractivity contribution >= 4 is 44.2 Å². The molecule has 1 aliphatic heterocycles. The van der Waals surface area contributed by atoms with Crippen LogP contribution >= 0.6 is 27.3 Å². The summed E-state index contributed by atoms with van der Waals surface area (Å²) in [6, 6.07) is 7.60. The number of hydrogen-bond donors (Lipinski definition) is 1. The van der Waals surface area contributed by atoms with Gasteiger partial charge in [-0.25, -0.2) is 4.98 Å². The number of halogens is 1. The molecule has 1 fully saturated rings. The molecule has 1 aliphatic rings. The summed E-state index contributed by atoms with van der Waals surface area (Å²) in [6.45, 7) is 6.04. The summed E-state index contributed by atoms with van der Waals surface area (Å²) in [6.07, 6.45) is 1.33. The highest BCUT2D eigenvalue weighted by molar-refractivity contribution is 9.10. The number of nitrogens with two attached hydrogens (primary N) is 1. The summed E-state index contributed by atoms with van der Waals surface area (Å²) < 4.78 is 0.954. The fourth-order valence-electron chi connectivity index (χ4n) is 2.66. The Morgan fingerprint density at radius 2 is 1.84 bits per heavy atom. The number of rotatable bonds is 4. The van der Waals surface area contributed by atoms with E-state index in [0.717, 1.165) is 15.2 Å². The molecule has 2 N–H and O–H groups in total. The lowest BCUT2D eigenvalue weighted by molar-refractivity contribution is -0.126. The number of amides is 2. The molecule has 8 heteroatoms. The molecular formula is C17H17BrN4O2S. The maximum atomic E-state index is 11.8. The summed E-state index contributed by atoms with van der Waals surface area (Å²) in [4.78, 5) is 32.4. The Balaban J connectivity index is 1.85. The second-order valence-corrected chi connectivity index (χ2v) is 7.45. The Hall–Kier alpha value is -2.19. The van der Waals surface area contributed by atoms with E-state index in [1.807, 2.05) is 24.3 Å². The summed E-state index contributed by atoms with van der Waals surface area (Å²) in [7, 11) is 0. The van der Waals surface area contributed by atoms with Crippen molar-refractivity contribution in [3.05, 3.63) is 46.3 Å². The molecule has 0 unspecified atom stereocenters. The van der Waals surface area contributed by atoms with Crippen LogP contribution in [0, 0.1) is 0 Å². The average molecular weight is 421 g/mol. The first kappa shape index (κ1) is 17.6. The third kappa shape index (κ3) is 3.74. The van der Waals surface area contributed by atoms with Gasteiger partial charge >= 0.3 is 0 Å². The molecule has 1 aromatic heterocycles. The van der Waals surface area contributed by atoms with E-state index in [1.54, 1.807) is 4.90 Å². The Morgan fingerprint density at radius 3 is 2.40 bits per heavy atom. The molecule has 1 aromatic carbocycles. The lowest BCUT2D eigenvalue weighted by Gasteiger charge is -2.34. The number of benzene rings is 1. The molecule has 0 radical (unpaired) electrons. The van der Waals surface area contributed by atoms with E-state index in [0.29, 0.717) is 36.8 Å². The summed E-state index contributed by atoms with van der Waals surface area (Å²) >= 11 is 4.69. The predicted molar refractivity (Wildman–Crippen MR) is 103 cm³/mol. The standard InChI is InChI=1S/C17H17BrN4O2S/c1-2-13(23)21-7-9-22(10-8-21)17-20-14(15(25-17)16(19)24)11-3-5-12(18)6-4-11/h2-6H,1,7-10H2,(H2,19,24). The number of carbonyl (C=O) groups is 2. The van der Waals surface area contributed by atoms with Crippen LogP contribution in [0.4, 0.5) is 5.13 Å². The normalized spacial score (nSPS) is 14.4. The van der Waals surface area contributed by atoms with Crippen LogP contribution in [0.2, 0.25) is 0 Å². The Labute approximate surface area is 158 Å². The Kier molecular flexibility index (Phi) is 5.19. The van der Waals surface area contributed by atoms with Gasteiger partial charge in [-0.05, 0) is 18.2 Å². The van der Waals surface area contributed by atoms with E-state index < -0.39 is 5.91 Å². The highest BCUT2D eigenvalue weighted by Crippen LogP contribution is 2.33. The van der Waals surface area contributed by atoms with Gasteiger partial charge in [0.15, 0.2) is 5.13 Å².